The zero-order valence-electron chi connectivity index (χ0n) is 16.7. The van der Waals surface area contributed by atoms with Crippen molar-refractivity contribution in [2.45, 2.75) is 17.5 Å². The number of ether oxygens (including phenoxy) is 1. The summed E-state index contributed by atoms with van der Waals surface area (Å²) in [5.41, 5.74) is 1.62. The van der Waals surface area contributed by atoms with Crippen LogP contribution in [0.25, 0.3) is 17.2 Å². The highest BCUT2D eigenvalue weighted by atomic mass is 32.2. The van der Waals surface area contributed by atoms with Gasteiger partial charge in [0.25, 0.3) is 0 Å². The van der Waals surface area contributed by atoms with E-state index in [0.29, 0.717) is 28.3 Å². The van der Waals surface area contributed by atoms with Crippen molar-refractivity contribution in [3.05, 3.63) is 96.4 Å². The molecule has 0 atom stereocenters. The van der Waals surface area contributed by atoms with Crippen LogP contribution in [-0.4, -0.2) is 19.9 Å². The van der Waals surface area contributed by atoms with Gasteiger partial charge in [-0.25, -0.2) is 4.39 Å². The van der Waals surface area contributed by atoms with Gasteiger partial charge in [0.2, 0.25) is 5.76 Å². The molecule has 160 valence electrons. The third-order valence-corrected chi connectivity index (χ3v) is 5.54. The number of halogens is 1. The molecule has 0 saturated carbocycles. The largest absolute Gasteiger partial charge is 0.483 e. The smallest absolute Gasteiger partial charge is 0.202 e. The number of thioether (sulfide) groups is 1. The van der Waals surface area contributed by atoms with Gasteiger partial charge in [-0.3, -0.25) is 4.57 Å². The normalized spacial score (nSPS) is 11.0. The van der Waals surface area contributed by atoms with Crippen LogP contribution in [0.2, 0.25) is 0 Å². The zero-order valence-corrected chi connectivity index (χ0v) is 17.5. The lowest BCUT2D eigenvalue weighted by atomic mass is 10.3. The van der Waals surface area contributed by atoms with Crippen molar-refractivity contribution in [1.29, 1.82) is 0 Å². The Morgan fingerprint density at radius 1 is 0.938 bits per heavy atom. The monoisotopic (exact) mass is 448 g/mol. The Morgan fingerprint density at radius 2 is 1.78 bits per heavy atom. The van der Waals surface area contributed by atoms with Crippen LogP contribution < -0.4 is 4.74 Å². The average Bonchev–Trinajstić information content (AvgIpc) is 3.58. The summed E-state index contributed by atoms with van der Waals surface area (Å²) in [4.78, 5) is 0. The molecule has 0 radical (unpaired) electrons. The van der Waals surface area contributed by atoms with E-state index in [4.69, 9.17) is 13.7 Å². The molecule has 5 aromatic rings. The number of para-hydroxylation sites is 2. The molecule has 0 spiro atoms. The number of benzene rings is 2. The van der Waals surface area contributed by atoms with Crippen molar-refractivity contribution in [2.75, 3.05) is 0 Å². The minimum Gasteiger partial charge on any atom is -0.483 e. The predicted molar refractivity (Wildman–Crippen MR) is 116 cm³/mol. The maximum atomic E-state index is 13.9. The summed E-state index contributed by atoms with van der Waals surface area (Å²) in [5, 5.41) is 13.4. The minimum atomic E-state index is -0.425. The number of furan rings is 1. The predicted octanol–water partition coefficient (Wildman–Crippen LogP) is 5.53. The fourth-order valence-corrected chi connectivity index (χ4v) is 3.93. The summed E-state index contributed by atoms with van der Waals surface area (Å²) in [5.74, 6) is 1.99. The minimum absolute atomic E-state index is 0.0655. The Kier molecular flexibility index (Phi) is 5.71. The maximum absolute atomic E-state index is 13.9. The van der Waals surface area contributed by atoms with Gasteiger partial charge in [-0.1, -0.05) is 47.3 Å². The van der Waals surface area contributed by atoms with Gasteiger partial charge in [0.05, 0.1) is 12.0 Å². The van der Waals surface area contributed by atoms with E-state index in [-0.39, 0.29) is 12.4 Å². The number of hydrogen-bond acceptors (Lipinski definition) is 7. The van der Waals surface area contributed by atoms with Crippen LogP contribution in [0.4, 0.5) is 4.39 Å². The Morgan fingerprint density at radius 3 is 2.59 bits per heavy atom. The van der Waals surface area contributed by atoms with Gasteiger partial charge >= 0.3 is 0 Å². The van der Waals surface area contributed by atoms with Crippen LogP contribution >= 0.6 is 11.8 Å². The van der Waals surface area contributed by atoms with Gasteiger partial charge in [0.1, 0.15) is 6.61 Å². The average molecular weight is 448 g/mol. The maximum Gasteiger partial charge on any atom is 0.202 e. The summed E-state index contributed by atoms with van der Waals surface area (Å²) in [6, 6.07) is 21.4. The lowest BCUT2D eigenvalue weighted by molar-refractivity contribution is 0.278. The van der Waals surface area contributed by atoms with Crippen molar-refractivity contribution in [2.24, 2.45) is 0 Å². The summed E-state index contributed by atoms with van der Waals surface area (Å²) in [7, 11) is 0. The van der Waals surface area contributed by atoms with Crippen LogP contribution in [0.1, 0.15) is 11.5 Å². The fourth-order valence-electron chi connectivity index (χ4n) is 3.08. The number of nitrogens with zero attached hydrogens (tertiary/aromatic N) is 4. The molecule has 0 saturated heterocycles. The van der Waals surface area contributed by atoms with Gasteiger partial charge in [-0.15, -0.1) is 10.2 Å². The van der Waals surface area contributed by atoms with Crippen LogP contribution in [0.5, 0.6) is 5.75 Å². The lowest BCUT2D eigenvalue weighted by Crippen LogP contribution is -2.07. The standard InChI is InChI=1S/C23H17FN4O3S/c24-18-9-4-5-10-19(18)30-14-22-25-26-23(28(22)17-7-2-1-3-8-17)32-15-16-13-21(31-27-16)20-11-6-12-29-20/h1-13H,14-15H2. The first-order valence-corrected chi connectivity index (χ1v) is 10.8. The van der Waals surface area contributed by atoms with Crippen LogP contribution in [0.3, 0.4) is 0 Å². The van der Waals surface area contributed by atoms with Gasteiger partial charge in [0.15, 0.2) is 28.3 Å². The van der Waals surface area contributed by atoms with Gasteiger partial charge in [-0.2, -0.15) is 0 Å². The third-order valence-electron chi connectivity index (χ3n) is 4.58. The molecule has 3 aromatic heterocycles. The Balaban J connectivity index is 1.37. The first-order chi connectivity index (χ1) is 15.8. The van der Waals surface area contributed by atoms with Crippen molar-refractivity contribution in [3.8, 4) is 23.0 Å². The number of aromatic nitrogens is 4. The quantitative estimate of drug-likeness (QED) is 0.289. The molecular weight excluding hydrogens is 431 g/mol. The van der Waals surface area contributed by atoms with Crippen LogP contribution in [0, 0.1) is 5.82 Å². The molecular formula is C23H17FN4O3S. The molecule has 7 nitrogen and oxygen atoms in total. The zero-order chi connectivity index (χ0) is 21.8. The molecule has 9 heteroatoms. The van der Waals surface area contributed by atoms with E-state index in [9.17, 15) is 4.39 Å². The summed E-state index contributed by atoms with van der Waals surface area (Å²) >= 11 is 1.46. The fraction of sp³-hybridized carbons (Fsp3) is 0.0870. The van der Waals surface area contributed by atoms with Gasteiger partial charge in [0, 0.05) is 17.5 Å². The van der Waals surface area contributed by atoms with E-state index in [2.05, 4.69) is 15.4 Å². The molecule has 0 amide bonds. The molecule has 0 bridgehead atoms. The summed E-state index contributed by atoms with van der Waals surface area (Å²) in [6.07, 6.45) is 1.58. The van der Waals surface area contributed by atoms with Crippen LogP contribution in [-0.2, 0) is 12.4 Å². The molecule has 0 fully saturated rings. The van der Waals surface area contributed by atoms with Gasteiger partial charge in [-0.05, 0) is 36.4 Å². The van der Waals surface area contributed by atoms with E-state index in [1.165, 1.54) is 17.8 Å². The van der Waals surface area contributed by atoms with Gasteiger partial charge < -0.3 is 13.7 Å². The van der Waals surface area contributed by atoms with Crippen molar-refractivity contribution < 1.29 is 18.1 Å². The van der Waals surface area contributed by atoms with E-state index in [1.807, 2.05) is 47.0 Å². The second kappa shape index (κ2) is 9.11. The van der Waals surface area contributed by atoms with E-state index in [0.717, 1.165) is 11.4 Å². The van der Waals surface area contributed by atoms with Crippen molar-refractivity contribution in [1.82, 2.24) is 19.9 Å². The highest BCUT2D eigenvalue weighted by molar-refractivity contribution is 7.98. The SMILES string of the molecule is Fc1ccccc1OCc1nnc(SCc2cc(-c3ccco3)on2)n1-c1ccccc1. The van der Waals surface area contributed by atoms with E-state index < -0.39 is 5.82 Å². The molecule has 5 rings (SSSR count). The Bertz CT molecular complexity index is 1300. The summed E-state index contributed by atoms with van der Waals surface area (Å²) < 4.78 is 32.2. The highest BCUT2D eigenvalue weighted by Gasteiger charge is 2.17. The number of rotatable bonds is 8. The van der Waals surface area contributed by atoms with Crippen molar-refractivity contribution in [3.63, 3.8) is 0 Å². The van der Waals surface area contributed by atoms with E-state index >= 15 is 0 Å². The second-order valence-corrected chi connectivity index (χ2v) is 7.68. The molecule has 0 N–H and O–H groups in total. The molecule has 0 aliphatic heterocycles. The third kappa shape index (κ3) is 4.28. The molecule has 0 aliphatic rings. The highest BCUT2D eigenvalue weighted by Crippen LogP contribution is 2.28. The number of hydrogen-bond donors (Lipinski definition) is 0. The molecule has 2 aromatic carbocycles. The first kappa shape index (κ1) is 20.1. The van der Waals surface area contributed by atoms with Crippen molar-refractivity contribution >= 4 is 11.8 Å². The lowest BCUT2D eigenvalue weighted by Gasteiger charge is -2.11. The molecule has 32 heavy (non-hydrogen) atoms. The molecule has 0 aliphatic carbocycles. The Hall–Kier alpha value is -3.85. The topological polar surface area (TPSA) is 79.1 Å². The summed E-state index contributed by atoms with van der Waals surface area (Å²) in [6.45, 7) is 0.0655. The second-order valence-electron chi connectivity index (χ2n) is 6.74. The molecule has 3 heterocycles. The van der Waals surface area contributed by atoms with Crippen LogP contribution in [0.15, 0.2) is 93.2 Å². The Labute approximate surface area is 186 Å². The van der Waals surface area contributed by atoms with E-state index in [1.54, 1.807) is 30.5 Å². The molecule has 0 unspecified atom stereocenters. The first-order valence-electron chi connectivity index (χ1n) is 9.77.